The van der Waals surface area contributed by atoms with Crippen LogP contribution in [0.5, 0.6) is 0 Å². The predicted molar refractivity (Wildman–Crippen MR) is 78.8 cm³/mol. The van der Waals surface area contributed by atoms with Gasteiger partial charge in [0, 0.05) is 13.6 Å². The van der Waals surface area contributed by atoms with E-state index in [0.29, 0.717) is 11.4 Å². The molecule has 4 nitrogen and oxygen atoms in total. The summed E-state index contributed by atoms with van der Waals surface area (Å²) in [5, 5.41) is 3.08. The number of likely N-dealkylation sites (N-methyl/N-ethyl adjacent to an activating group) is 1. The maximum Gasteiger partial charge on any atom is 0.242 e. The zero-order valence-corrected chi connectivity index (χ0v) is 12.8. The Morgan fingerprint density at radius 1 is 1.21 bits per heavy atom. The van der Waals surface area contributed by atoms with Crippen LogP contribution in [0.1, 0.15) is 25.3 Å². The third-order valence-electron chi connectivity index (χ3n) is 3.12. The fraction of sp³-hybridized carbons (Fsp3) is 0.571. The number of rotatable bonds is 8. The number of sulfonamides is 1. The quantitative estimate of drug-likeness (QED) is 0.793. The lowest BCUT2D eigenvalue weighted by Crippen LogP contribution is -2.27. The highest BCUT2D eigenvalue weighted by Gasteiger charge is 2.19. The maximum absolute atomic E-state index is 12.3. The summed E-state index contributed by atoms with van der Waals surface area (Å²) in [5.74, 6) is 0. The average molecular weight is 284 g/mol. The van der Waals surface area contributed by atoms with E-state index in [1.54, 1.807) is 19.2 Å². The first-order valence-corrected chi connectivity index (χ1v) is 8.16. The second-order valence-electron chi connectivity index (χ2n) is 4.68. The third kappa shape index (κ3) is 4.60. The van der Waals surface area contributed by atoms with E-state index in [0.717, 1.165) is 31.4 Å². The molecule has 1 aromatic rings. The molecule has 0 radical (unpaired) electrons. The van der Waals surface area contributed by atoms with Crippen LogP contribution in [-0.4, -0.2) is 39.9 Å². The number of hydrogen-bond acceptors (Lipinski definition) is 3. The highest BCUT2D eigenvalue weighted by Crippen LogP contribution is 2.15. The van der Waals surface area contributed by atoms with Gasteiger partial charge >= 0.3 is 0 Å². The molecule has 1 rings (SSSR count). The van der Waals surface area contributed by atoms with E-state index >= 15 is 0 Å². The Balaban J connectivity index is 2.78. The molecule has 108 valence electrons. The summed E-state index contributed by atoms with van der Waals surface area (Å²) < 4.78 is 26.0. The summed E-state index contributed by atoms with van der Waals surface area (Å²) in [6, 6.07) is 7.17. The molecule has 1 N–H and O–H groups in total. The first-order chi connectivity index (χ1) is 9.02. The summed E-state index contributed by atoms with van der Waals surface area (Å²) in [7, 11) is 0.212. The van der Waals surface area contributed by atoms with Gasteiger partial charge in [0.2, 0.25) is 10.0 Å². The largest absolute Gasteiger partial charge is 0.319 e. The van der Waals surface area contributed by atoms with Crippen LogP contribution in [0.15, 0.2) is 29.2 Å². The lowest BCUT2D eigenvalue weighted by molar-refractivity contribution is 0.459. The van der Waals surface area contributed by atoms with E-state index in [1.165, 1.54) is 4.31 Å². The molecule has 0 bridgehead atoms. The van der Waals surface area contributed by atoms with Crippen molar-refractivity contribution in [1.29, 1.82) is 0 Å². The summed E-state index contributed by atoms with van der Waals surface area (Å²) in [4.78, 5) is 0.374. The minimum atomic E-state index is -3.33. The number of benzene rings is 1. The van der Waals surface area contributed by atoms with E-state index in [9.17, 15) is 8.42 Å². The van der Waals surface area contributed by atoms with E-state index in [2.05, 4.69) is 12.2 Å². The SMILES string of the molecule is CCCCN(C)S(=O)(=O)c1ccc(CCNC)cc1. The van der Waals surface area contributed by atoms with Crippen molar-refractivity contribution in [2.24, 2.45) is 0 Å². The first-order valence-electron chi connectivity index (χ1n) is 6.72. The van der Waals surface area contributed by atoms with E-state index in [4.69, 9.17) is 0 Å². The smallest absolute Gasteiger partial charge is 0.242 e. The molecule has 5 heteroatoms. The molecule has 0 unspecified atom stereocenters. The molecular weight excluding hydrogens is 260 g/mol. The van der Waals surface area contributed by atoms with Gasteiger partial charge in [0.05, 0.1) is 4.90 Å². The number of nitrogens with zero attached hydrogens (tertiary/aromatic N) is 1. The fourth-order valence-electron chi connectivity index (χ4n) is 1.78. The first kappa shape index (κ1) is 16.1. The highest BCUT2D eigenvalue weighted by atomic mass is 32.2. The molecule has 0 aliphatic rings. The Bertz CT molecular complexity index is 469. The molecular formula is C14H24N2O2S. The standard InChI is InChI=1S/C14H24N2O2S/c1-4-5-12-16(3)19(17,18)14-8-6-13(7-9-14)10-11-15-2/h6-9,15H,4-5,10-12H2,1-3H3. The summed E-state index contributed by atoms with van der Waals surface area (Å²) >= 11 is 0. The van der Waals surface area contributed by atoms with Crippen molar-refractivity contribution in [3.05, 3.63) is 29.8 Å². The Morgan fingerprint density at radius 2 is 1.84 bits per heavy atom. The normalized spacial score (nSPS) is 12.0. The molecule has 19 heavy (non-hydrogen) atoms. The predicted octanol–water partition coefficient (Wildman–Crippen LogP) is 1.87. The van der Waals surface area contributed by atoms with E-state index in [1.807, 2.05) is 19.2 Å². The van der Waals surface area contributed by atoms with Gasteiger partial charge in [-0.1, -0.05) is 25.5 Å². The fourth-order valence-corrected chi connectivity index (χ4v) is 2.99. The van der Waals surface area contributed by atoms with Gasteiger partial charge in [-0.2, -0.15) is 0 Å². The molecule has 0 saturated carbocycles. The van der Waals surface area contributed by atoms with Crippen molar-refractivity contribution in [3.8, 4) is 0 Å². The van der Waals surface area contributed by atoms with Gasteiger partial charge in [0.1, 0.15) is 0 Å². The van der Waals surface area contributed by atoms with Gasteiger partial charge in [-0.05, 0) is 44.1 Å². The molecule has 0 fully saturated rings. The van der Waals surface area contributed by atoms with Crippen LogP contribution < -0.4 is 5.32 Å². The van der Waals surface area contributed by atoms with Crippen LogP contribution in [0.3, 0.4) is 0 Å². The van der Waals surface area contributed by atoms with Crippen LogP contribution in [-0.2, 0) is 16.4 Å². The minimum Gasteiger partial charge on any atom is -0.319 e. The van der Waals surface area contributed by atoms with Gasteiger partial charge in [-0.3, -0.25) is 0 Å². The molecule has 0 amide bonds. The lowest BCUT2D eigenvalue weighted by Gasteiger charge is -2.17. The Kier molecular flexibility index (Phi) is 6.48. The summed E-state index contributed by atoms with van der Waals surface area (Å²) in [6.07, 6.45) is 2.78. The average Bonchev–Trinajstić information content (AvgIpc) is 2.42. The topological polar surface area (TPSA) is 49.4 Å². The van der Waals surface area contributed by atoms with E-state index in [-0.39, 0.29) is 0 Å². The molecule has 0 aliphatic carbocycles. The highest BCUT2D eigenvalue weighted by molar-refractivity contribution is 7.89. The van der Waals surface area contributed by atoms with Crippen LogP contribution in [0.25, 0.3) is 0 Å². The van der Waals surface area contributed by atoms with Gasteiger partial charge in [0.15, 0.2) is 0 Å². The molecule has 0 aromatic heterocycles. The summed E-state index contributed by atoms with van der Waals surface area (Å²) in [5.41, 5.74) is 1.14. The minimum absolute atomic E-state index is 0.374. The van der Waals surface area contributed by atoms with Gasteiger partial charge in [0.25, 0.3) is 0 Å². The second-order valence-corrected chi connectivity index (χ2v) is 6.72. The number of unbranched alkanes of at least 4 members (excludes halogenated alkanes) is 1. The molecule has 0 saturated heterocycles. The van der Waals surface area contributed by atoms with Crippen LogP contribution in [0.2, 0.25) is 0 Å². The van der Waals surface area contributed by atoms with Crippen LogP contribution in [0, 0.1) is 0 Å². The van der Waals surface area contributed by atoms with Crippen molar-refractivity contribution >= 4 is 10.0 Å². The molecule has 0 heterocycles. The molecule has 0 atom stereocenters. The van der Waals surface area contributed by atoms with Crippen LogP contribution >= 0.6 is 0 Å². The van der Waals surface area contributed by atoms with Crippen molar-refractivity contribution < 1.29 is 8.42 Å². The summed E-state index contributed by atoms with van der Waals surface area (Å²) in [6.45, 7) is 3.51. The molecule has 0 aliphatic heterocycles. The maximum atomic E-state index is 12.3. The van der Waals surface area contributed by atoms with Gasteiger partial charge in [-0.15, -0.1) is 0 Å². The van der Waals surface area contributed by atoms with Crippen LogP contribution in [0.4, 0.5) is 0 Å². The zero-order valence-electron chi connectivity index (χ0n) is 12.0. The Morgan fingerprint density at radius 3 is 2.37 bits per heavy atom. The second kappa shape index (κ2) is 7.62. The Hall–Kier alpha value is -0.910. The van der Waals surface area contributed by atoms with Crippen molar-refractivity contribution in [2.45, 2.75) is 31.1 Å². The molecule has 0 spiro atoms. The van der Waals surface area contributed by atoms with Crippen molar-refractivity contribution in [2.75, 3.05) is 27.2 Å². The number of nitrogens with one attached hydrogen (secondary N) is 1. The van der Waals surface area contributed by atoms with Gasteiger partial charge in [-0.25, -0.2) is 12.7 Å². The zero-order chi connectivity index (χ0) is 14.3. The third-order valence-corrected chi connectivity index (χ3v) is 4.99. The van der Waals surface area contributed by atoms with Crippen molar-refractivity contribution in [1.82, 2.24) is 9.62 Å². The molecule has 1 aromatic carbocycles. The monoisotopic (exact) mass is 284 g/mol. The van der Waals surface area contributed by atoms with Crippen molar-refractivity contribution in [3.63, 3.8) is 0 Å². The Labute approximate surface area is 116 Å². The van der Waals surface area contributed by atoms with Gasteiger partial charge < -0.3 is 5.32 Å². The number of hydrogen-bond donors (Lipinski definition) is 1. The van der Waals surface area contributed by atoms with E-state index < -0.39 is 10.0 Å². The lowest BCUT2D eigenvalue weighted by atomic mass is 10.1.